The molecule has 26 heavy (non-hydrogen) atoms. The van der Waals surface area contributed by atoms with Gasteiger partial charge in [0.1, 0.15) is 5.75 Å². The number of carboxylic acids is 1. The molecule has 2 aromatic rings. The van der Waals surface area contributed by atoms with E-state index >= 15 is 0 Å². The minimum Gasteiger partial charge on any atom is -0.507 e. The Kier molecular flexibility index (Phi) is 5.26. The lowest BCUT2D eigenvalue weighted by molar-refractivity contribution is -0.138. The summed E-state index contributed by atoms with van der Waals surface area (Å²) in [6.07, 6.45) is 1.79. The van der Waals surface area contributed by atoms with Crippen LogP contribution in [-0.2, 0) is 4.79 Å². The Hall–Kier alpha value is -2.04. The maximum atomic E-state index is 11.1. The first-order valence-corrected chi connectivity index (χ1v) is 9.07. The molecule has 2 N–H and O–H groups in total. The maximum absolute atomic E-state index is 11.1. The fraction of sp³-hybridized carbons (Fsp3) is 0.300. The third-order valence-corrected chi connectivity index (χ3v) is 5.16. The molecule has 3 rings (SSSR count). The molecule has 1 fully saturated rings. The second-order valence-corrected chi connectivity index (χ2v) is 7.73. The van der Waals surface area contributed by atoms with E-state index in [0.717, 1.165) is 18.4 Å². The maximum Gasteiger partial charge on any atom is 0.303 e. The van der Waals surface area contributed by atoms with Gasteiger partial charge < -0.3 is 10.2 Å². The lowest BCUT2D eigenvalue weighted by Gasteiger charge is -2.15. The van der Waals surface area contributed by atoms with Gasteiger partial charge >= 0.3 is 5.97 Å². The molecule has 0 saturated heterocycles. The molecule has 2 aromatic carbocycles. The van der Waals surface area contributed by atoms with Crippen molar-refractivity contribution in [2.24, 2.45) is 10.4 Å². The van der Waals surface area contributed by atoms with Gasteiger partial charge in [0.2, 0.25) is 0 Å². The predicted molar refractivity (Wildman–Crippen MR) is 104 cm³/mol. The van der Waals surface area contributed by atoms with Crippen molar-refractivity contribution in [3.05, 3.63) is 63.1 Å². The largest absolute Gasteiger partial charge is 0.507 e. The monoisotopic (exact) mass is 391 g/mol. The fourth-order valence-electron chi connectivity index (χ4n) is 2.99. The van der Waals surface area contributed by atoms with Crippen LogP contribution in [0.15, 0.2) is 41.4 Å². The quantitative estimate of drug-likeness (QED) is 0.672. The third-order valence-electron chi connectivity index (χ3n) is 4.69. The molecule has 4 nitrogen and oxygen atoms in total. The standard InChI is InChI=1S/C20H19Cl2NO3/c1-12-8-15(22)9-16(19(12)26)18(13-2-4-14(21)5-3-13)23-11-20(6-7-20)10-17(24)25/h2-5,8-9,26H,6-7,10-11H2,1H3,(H,24,25). The fourth-order valence-corrected chi connectivity index (χ4v) is 3.39. The molecule has 6 heteroatoms. The number of aliphatic carboxylic acids is 1. The van der Waals surface area contributed by atoms with Crippen LogP contribution < -0.4 is 0 Å². The van der Waals surface area contributed by atoms with Crippen LogP contribution in [0.3, 0.4) is 0 Å². The van der Waals surface area contributed by atoms with Crippen LogP contribution in [0.1, 0.15) is 36.0 Å². The molecule has 0 aromatic heterocycles. The van der Waals surface area contributed by atoms with Gasteiger partial charge in [-0.3, -0.25) is 9.79 Å². The van der Waals surface area contributed by atoms with E-state index in [1.54, 1.807) is 31.2 Å². The van der Waals surface area contributed by atoms with Crippen LogP contribution in [0.2, 0.25) is 10.0 Å². The van der Waals surface area contributed by atoms with Crippen molar-refractivity contribution >= 4 is 34.9 Å². The highest BCUT2D eigenvalue weighted by atomic mass is 35.5. The molecule has 0 atom stereocenters. The number of phenolic OH excluding ortho intramolecular Hbond substituents is 1. The molecule has 0 amide bonds. The topological polar surface area (TPSA) is 69.9 Å². The Morgan fingerprint density at radius 1 is 1.15 bits per heavy atom. The molecule has 0 aliphatic heterocycles. The van der Waals surface area contributed by atoms with Crippen LogP contribution in [0.25, 0.3) is 0 Å². The van der Waals surface area contributed by atoms with E-state index in [2.05, 4.69) is 0 Å². The lowest BCUT2D eigenvalue weighted by atomic mass is 9.98. The number of aryl methyl sites for hydroxylation is 1. The average molecular weight is 392 g/mol. The van der Waals surface area contributed by atoms with Gasteiger partial charge in [0.25, 0.3) is 0 Å². The normalized spacial score (nSPS) is 15.7. The number of carboxylic acid groups (broad SMARTS) is 1. The van der Waals surface area contributed by atoms with Crippen molar-refractivity contribution in [3.63, 3.8) is 0 Å². The molecule has 1 aliphatic carbocycles. The number of hydrogen-bond donors (Lipinski definition) is 2. The van der Waals surface area contributed by atoms with Gasteiger partial charge in [0, 0.05) is 33.1 Å². The Labute approximate surface area is 162 Å². The van der Waals surface area contributed by atoms with Crippen LogP contribution >= 0.6 is 23.2 Å². The molecule has 0 heterocycles. The first kappa shape index (κ1) is 18.7. The summed E-state index contributed by atoms with van der Waals surface area (Å²) < 4.78 is 0. The van der Waals surface area contributed by atoms with Gasteiger partial charge in [0.15, 0.2) is 0 Å². The van der Waals surface area contributed by atoms with E-state index in [1.807, 2.05) is 12.1 Å². The summed E-state index contributed by atoms with van der Waals surface area (Å²) in [6.45, 7) is 2.17. The van der Waals surface area contributed by atoms with E-state index in [4.69, 9.17) is 33.3 Å². The number of phenols is 1. The Bertz CT molecular complexity index is 871. The molecule has 0 unspecified atom stereocenters. The zero-order chi connectivity index (χ0) is 18.9. The average Bonchev–Trinajstić information content (AvgIpc) is 3.32. The van der Waals surface area contributed by atoms with Crippen molar-refractivity contribution in [3.8, 4) is 5.75 Å². The first-order valence-electron chi connectivity index (χ1n) is 8.31. The smallest absolute Gasteiger partial charge is 0.303 e. The molecule has 0 radical (unpaired) electrons. The molecular formula is C20H19Cl2NO3. The molecule has 0 bridgehead atoms. The van der Waals surface area contributed by atoms with Gasteiger partial charge in [-0.15, -0.1) is 0 Å². The van der Waals surface area contributed by atoms with E-state index in [0.29, 0.717) is 33.4 Å². The summed E-state index contributed by atoms with van der Waals surface area (Å²) in [5, 5.41) is 20.8. The Morgan fingerprint density at radius 3 is 2.38 bits per heavy atom. The van der Waals surface area contributed by atoms with E-state index in [-0.39, 0.29) is 17.6 Å². The highest BCUT2D eigenvalue weighted by Gasteiger charge is 2.44. The van der Waals surface area contributed by atoms with Gasteiger partial charge in [-0.1, -0.05) is 35.3 Å². The zero-order valence-electron chi connectivity index (χ0n) is 14.3. The lowest BCUT2D eigenvalue weighted by Crippen LogP contribution is -2.14. The number of aliphatic imine (C=N–C) groups is 1. The van der Waals surface area contributed by atoms with Crippen LogP contribution in [0.5, 0.6) is 5.75 Å². The summed E-state index contributed by atoms with van der Waals surface area (Å²) >= 11 is 12.2. The first-order chi connectivity index (χ1) is 12.3. The number of nitrogens with zero attached hydrogens (tertiary/aromatic N) is 1. The minimum atomic E-state index is -0.813. The van der Waals surface area contributed by atoms with Gasteiger partial charge in [0.05, 0.1) is 12.1 Å². The van der Waals surface area contributed by atoms with Crippen LogP contribution in [0, 0.1) is 12.3 Å². The van der Waals surface area contributed by atoms with Crippen LogP contribution in [0.4, 0.5) is 0 Å². The summed E-state index contributed by atoms with van der Waals surface area (Å²) in [4.78, 5) is 15.8. The molecule has 136 valence electrons. The molecule has 1 aliphatic rings. The summed E-state index contributed by atoms with van der Waals surface area (Å²) in [5.74, 6) is -0.696. The van der Waals surface area contributed by atoms with Gasteiger partial charge in [-0.25, -0.2) is 0 Å². The van der Waals surface area contributed by atoms with Crippen LogP contribution in [-0.4, -0.2) is 28.4 Å². The number of benzene rings is 2. The van der Waals surface area contributed by atoms with Crippen molar-refractivity contribution in [2.75, 3.05) is 6.54 Å². The third kappa shape index (κ3) is 4.19. The second-order valence-electron chi connectivity index (χ2n) is 6.86. The molecule has 1 saturated carbocycles. The predicted octanol–water partition coefficient (Wildman–Crippen LogP) is 5.10. The van der Waals surface area contributed by atoms with Gasteiger partial charge in [-0.05, 0) is 49.6 Å². The van der Waals surface area contributed by atoms with Crippen molar-refractivity contribution < 1.29 is 15.0 Å². The number of carbonyl (C=O) groups is 1. The number of aromatic hydroxyl groups is 1. The SMILES string of the molecule is Cc1cc(Cl)cc(C(=NCC2(CC(=O)O)CC2)c2ccc(Cl)cc2)c1O. The van der Waals surface area contributed by atoms with E-state index in [1.165, 1.54) is 0 Å². The van der Waals surface area contributed by atoms with E-state index in [9.17, 15) is 9.90 Å². The van der Waals surface area contributed by atoms with Crippen molar-refractivity contribution in [2.45, 2.75) is 26.2 Å². The molecular weight excluding hydrogens is 373 g/mol. The summed E-state index contributed by atoms with van der Waals surface area (Å²) in [7, 11) is 0. The number of rotatable bonds is 6. The van der Waals surface area contributed by atoms with Gasteiger partial charge in [-0.2, -0.15) is 0 Å². The van der Waals surface area contributed by atoms with Crippen molar-refractivity contribution in [1.29, 1.82) is 0 Å². The molecule has 0 spiro atoms. The van der Waals surface area contributed by atoms with Crippen molar-refractivity contribution in [1.82, 2.24) is 0 Å². The summed E-state index contributed by atoms with van der Waals surface area (Å²) in [5.41, 5.74) is 2.27. The Balaban J connectivity index is 2.04. The number of halogens is 2. The summed E-state index contributed by atoms with van der Waals surface area (Å²) in [6, 6.07) is 10.5. The van der Waals surface area contributed by atoms with E-state index < -0.39 is 5.97 Å². The zero-order valence-corrected chi connectivity index (χ0v) is 15.8. The Morgan fingerprint density at radius 2 is 1.81 bits per heavy atom. The minimum absolute atomic E-state index is 0.102. The second kappa shape index (κ2) is 7.29. The number of hydrogen-bond acceptors (Lipinski definition) is 3. The highest BCUT2D eigenvalue weighted by molar-refractivity contribution is 6.32. The highest BCUT2D eigenvalue weighted by Crippen LogP contribution is 2.49.